The number of aliphatic carboxylic acids is 1. The maximum atomic E-state index is 12.8. The molecule has 3 aromatic carbocycles. The highest BCUT2D eigenvalue weighted by Crippen LogP contribution is 2.49. The number of carboxylic acids is 1. The van der Waals surface area contributed by atoms with Gasteiger partial charge in [-0.1, -0.05) is 99.2 Å². The first-order valence-electron chi connectivity index (χ1n) is 16.4. The molecule has 2 bridgehead atoms. The van der Waals surface area contributed by atoms with Crippen molar-refractivity contribution in [2.24, 2.45) is 11.8 Å². The molecular weight excluding hydrogens is 576 g/mol. The number of ether oxygens (including phenoxy) is 2. The molecule has 3 aromatic rings. The first-order chi connectivity index (χ1) is 22.3. The van der Waals surface area contributed by atoms with Crippen LogP contribution in [0.25, 0.3) is 0 Å². The van der Waals surface area contributed by atoms with Crippen molar-refractivity contribution in [2.75, 3.05) is 19.6 Å². The lowest BCUT2D eigenvalue weighted by atomic mass is 9.79. The van der Waals surface area contributed by atoms with Gasteiger partial charge >= 0.3 is 5.97 Å². The van der Waals surface area contributed by atoms with Crippen molar-refractivity contribution in [2.45, 2.75) is 59.3 Å². The number of hydrogen-bond acceptors (Lipinski definition) is 6. The van der Waals surface area contributed by atoms with E-state index >= 15 is 0 Å². The van der Waals surface area contributed by atoms with E-state index in [0.717, 1.165) is 53.1 Å². The highest BCUT2D eigenvalue weighted by molar-refractivity contribution is 5.88. The zero-order chi connectivity index (χ0) is 32.2. The number of nitrogens with one attached hydrogen (secondary N) is 1. The third kappa shape index (κ3) is 6.76. The minimum Gasteiger partial charge on any atom is -0.488 e. The Morgan fingerprint density at radius 1 is 1.00 bits per heavy atom. The SMILES string of the molecule is CCN1OC(C(=O)O)=C(C2=CC3CC(=C2)CNCC3C)C1c1cc(C(C)C)c(OCc2ccccc2)cc1OCc1ccccc1. The smallest absolute Gasteiger partial charge is 0.374 e. The van der Waals surface area contributed by atoms with E-state index in [1.165, 1.54) is 5.57 Å². The summed E-state index contributed by atoms with van der Waals surface area (Å²) in [7, 11) is 0. The summed E-state index contributed by atoms with van der Waals surface area (Å²) < 4.78 is 13.1. The van der Waals surface area contributed by atoms with Gasteiger partial charge in [-0.3, -0.25) is 0 Å². The monoisotopic (exact) mass is 620 g/mol. The number of nitrogens with zero attached hydrogens (tertiary/aromatic N) is 1. The Morgan fingerprint density at radius 2 is 1.65 bits per heavy atom. The van der Waals surface area contributed by atoms with Crippen molar-refractivity contribution in [3.05, 3.63) is 130 Å². The molecule has 7 heteroatoms. The molecule has 240 valence electrons. The van der Waals surface area contributed by atoms with Crippen molar-refractivity contribution >= 4 is 5.97 Å². The van der Waals surface area contributed by atoms with E-state index in [1.807, 2.05) is 61.5 Å². The van der Waals surface area contributed by atoms with Gasteiger partial charge in [0.15, 0.2) is 0 Å². The lowest BCUT2D eigenvalue weighted by Gasteiger charge is -2.29. The molecule has 2 heterocycles. The largest absolute Gasteiger partial charge is 0.488 e. The number of hydroxylamine groups is 2. The highest BCUT2D eigenvalue weighted by Gasteiger charge is 2.43. The Labute approximate surface area is 272 Å². The van der Waals surface area contributed by atoms with Crippen LogP contribution in [-0.4, -0.2) is 35.8 Å². The summed E-state index contributed by atoms with van der Waals surface area (Å²) in [5.41, 5.74) is 6.88. The van der Waals surface area contributed by atoms with Crippen LogP contribution in [0.2, 0.25) is 0 Å². The number of benzene rings is 3. The van der Waals surface area contributed by atoms with E-state index in [1.54, 1.807) is 5.06 Å². The van der Waals surface area contributed by atoms with Crippen LogP contribution >= 0.6 is 0 Å². The molecule has 3 aliphatic rings. The second-order valence-electron chi connectivity index (χ2n) is 12.8. The van der Waals surface area contributed by atoms with Crippen molar-refractivity contribution in [3.63, 3.8) is 0 Å². The summed E-state index contributed by atoms with van der Waals surface area (Å²) in [6.07, 6.45) is 5.41. The van der Waals surface area contributed by atoms with E-state index in [-0.39, 0.29) is 11.7 Å². The van der Waals surface area contributed by atoms with E-state index < -0.39 is 12.0 Å². The Hall–Kier alpha value is -4.33. The maximum Gasteiger partial charge on any atom is 0.374 e. The molecule has 1 aliphatic carbocycles. The molecule has 1 saturated heterocycles. The van der Waals surface area contributed by atoms with Gasteiger partial charge < -0.3 is 24.7 Å². The minimum atomic E-state index is -1.08. The second-order valence-corrected chi connectivity index (χ2v) is 12.8. The normalized spacial score (nSPS) is 21.4. The molecule has 0 aromatic heterocycles. The summed E-state index contributed by atoms with van der Waals surface area (Å²) in [6.45, 7) is 11.5. The average molecular weight is 621 g/mol. The summed E-state index contributed by atoms with van der Waals surface area (Å²) in [4.78, 5) is 19.0. The molecule has 1 fully saturated rings. The predicted octanol–water partition coefficient (Wildman–Crippen LogP) is 7.73. The van der Waals surface area contributed by atoms with Gasteiger partial charge in [0.1, 0.15) is 30.8 Å². The van der Waals surface area contributed by atoms with Crippen LogP contribution in [0.1, 0.15) is 68.3 Å². The quantitative estimate of drug-likeness (QED) is 0.227. The fourth-order valence-electron chi connectivity index (χ4n) is 6.66. The number of allylic oxidation sites excluding steroid dienone is 2. The molecule has 3 atom stereocenters. The van der Waals surface area contributed by atoms with Crippen molar-refractivity contribution in [1.29, 1.82) is 0 Å². The molecule has 0 amide bonds. The third-order valence-electron chi connectivity index (χ3n) is 9.17. The molecule has 0 radical (unpaired) electrons. The van der Waals surface area contributed by atoms with Crippen molar-refractivity contribution < 1.29 is 24.2 Å². The van der Waals surface area contributed by atoms with Gasteiger partial charge in [-0.2, -0.15) is 0 Å². The van der Waals surface area contributed by atoms with Gasteiger partial charge in [-0.05, 0) is 66.0 Å². The topological polar surface area (TPSA) is 80.3 Å². The van der Waals surface area contributed by atoms with E-state index in [2.05, 4.69) is 56.4 Å². The lowest BCUT2D eigenvalue weighted by Crippen LogP contribution is -2.26. The highest BCUT2D eigenvalue weighted by atomic mass is 16.7. The van der Waals surface area contributed by atoms with Crippen LogP contribution in [0.5, 0.6) is 11.5 Å². The van der Waals surface area contributed by atoms with E-state index in [4.69, 9.17) is 14.3 Å². The van der Waals surface area contributed by atoms with Gasteiger partial charge in [0.2, 0.25) is 5.76 Å². The third-order valence-corrected chi connectivity index (χ3v) is 9.17. The van der Waals surface area contributed by atoms with Crippen molar-refractivity contribution in [3.8, 4) is 11.5 Å². The van der Waals surface area contributed by atoms with Crippen LogP contribution < -0.4 is 14.8 Å². The molecule has 7 nitrogen and oxygen atoms in total. The summed E-state index contributed by atoms with van der Waals surface area (Å²) in [5, 5.41) is 15.8. The van der Waals surface area contributed by atoms with Crippen LogP contribution in [0.3, 0.4) is 0 Å². The van der Waals surface area contributed by atoms with Gasteiger partial charge in [0, 0.05) is 30.3 Å². The number of carboxylic acid groups (broad SMARTS) is 1. The second kappa shape index (κ2) is 14.0. The Balaban J connectivity index is 1.49. The molecule has 6 rings (SSSR count). The van der Waals surface area contributed by atoms with Gasteiger partial charge in [-0.15, -0.1) is 5.06 Å². The zero-order valence-corrected chi connectivity index (χ0v) is 27.2. The molecule has 0 saturated carbocycles. The molecular formula is C39H44N2O5. The zero-order valence-electron chi connectivity index (χ0n) is 27.2. The summed E-state index contributed by atoms with van der Waals surface area (Å²) in [6, 6.07) is 23.8. The summed E-state index contributed by atoms with van der Waals surface area (Å²) >= 11 is 0. The lowest BCUT2D eigenvalue weighted by molar-refractivity contribution is -0.153. The molecule has 3 unspecified atom stereocenters. The van der Waals surface area contributed by atoms with Gasteiger partial charge in [-0.25, -0.2) is 4.79 Å². The number of likely N-dealkylation sites (N-methyl/N-ethyl adjacent to an activating group) is 1. The first kappa shape index (κ1) is 31.6. The van der Waals surface area contributed by atoms with Crippen LogP contribution in [0.4, 0.5) is 0 Å². The Kier molecular flexibility index (Phi) is 9.61. The van der Waals surface area contributed by atoms with E-state index in [9.17, 15) is 9.90 Å². The molecule has 46 heavy (non-hydrogen) atoms. The average Bonchev–Trinajstić information content (AvgIpc) is 3.41. The van der Waals surface area contributed by atoms with Gasteiger partial charge in [0.05, 0.1) is 0 Å². The molecule has 0 spiro atoms. The number of rotatable bonds is 11. The Bertz CT molecular complexity index is 1640. The maximum absolute atomic E-state index is 12.8. The standard InChI is InChI=1S/C39H44N2O5/c1-5-41-37(36(38(46-41)39(42)43)31-17-29-16-30(18-31)26(4)21-40-22-29)33-19-32(25(2)3)34(44-23-27-12-8-6-9-13-27)20-35(33)45-24-28-14-10-7-11-15-28/h6-15,17-20,25-26,30,37,40H,5,16,21-24H2,1-4H3,(H,42,43). The number of hydrogen-bond donors (Lipinski definition) is 2. The minimum absolute atomic E-state index is 0.0290. The number of carbonyl (C=O) groups is 1. The molecule has 2 N–H and O–H groups in total. The fraction of sp³-hybridized carbons (Fsp3) is 0.359. The van der Waals surface area contributed by atoms with Gasteiger partial charge in [0.25, 0.3) is 0 Å². The van der Waals surface area contributed by atoms with E-state index in [0.29, 0.717) is 42.9 Å². The van der Waals surface area contributed by atoms with Crippen LogP contribution in [0, 0.1) is 11.8 Å². The molecule has 2 aliphatic heterocycles. The number of fused-ring (bicyclic) bond motifs is 2. The fourth-order valence-corrected chi connectivity index (χ4v) is 6.66. The summed E-state index contributed by atoms with van der Waals surface area (Å²) in [5.74, 6) is 1.18. The first-order valence-corrected chi connectivity index (χ1v) is 16.4. The predicted molar refractivity (Wildman–Crippen MR) is 179 cm³/mol. The van der Waals surface area contributed by atoms with Crippen LogP contribution in [0.15, 0.2) is 107 Å². The van der Waals surface area contributed by atoms with Crippen molar-refractivity contribution in [1.82, 2.24) is 10.4 Å². The Morgan fingerprint density at radius 3 is 2.26 bits per heavy atom. The van der Waals surface area contributed by atoms with Crippen LogP contribution in [-0.2, 0) is 22.8 Å².